The number of hydrogen-bond donors (Lipinski definition) is 1. The summed E-state index contributed by atoms with van der Waals surface area (Å²) in [6.07, 6.45) is 6.62. The molecule has 0 amide bonds. The van der Waals surface area contributed by atoms with E-state index in [2.05, 4.69) is 4.98 Å². The van der Waals surface area contributed by atoms with E-state index in [0.29, 0.717) is 5.56 Å². The fourth-order valence-electron chi connectivity index (χ4n) is 1.49. The predicted octanol–water partition coefficient (Wildman–Crippen LogP) is 1.32. The van der Waals surface area contributed by atoms with E-state index in [9.17, 15) is 4.79 Å². The molecule has 74 valence electrons. The van der Waals surface area contributed by atoms with Crippen molar-refractivity contribution in [2.75, 3.05) is 0 Å². The van der Waals surface area contributed by atoms with Crippen LogP contribution in [-0.4, -0.2) is 16.8 Å². The first kappa shape index (κ1) is 9.34. The maximum Gasteiger partial charge on any atom is 0.150 e. The zero-order chi connectivity index (χ0) is 10.0. The van der Waals surface area contributed by atoms with Gasteiger partial charge in [-0.2, -0.15) is 0 Å². The lowest BCUT2D eigenvalue weighted by Gasteiger charge is -2.07. The van der Waals surface area contributed by atoms with Gasteiger partial charge < -0.3 is 5.73 Å². The monoisotopic (exact) mass is 190 g/mol. The van der Waals surface area contributed by atoms with Gasteiger partial charge in [-0.1, -0.05) is 0 Å². The number of aryl methyl sites for hydroxylation is 1. The molecule has 0 unspecified atom stereocenters. The summed E-state index contributed by atoms with van der Waals surface area (Å²) in [7, 11) is 0. The number of aromatic nitrogens is 1. The minimum absolute atomic E-state index is 0.0683. The van der Waals surface area contributed by atoms with E-state index in [1.807, 2.05) is 6.07 Å². The molecule has 1 saturated carbocycles. The molecule has 1 aliphatic carbocycles. The molecule has 2 N–H and O–H groups in total. The van der Waals surface area contributed by atoms with Crippen molar-refractivity contribution in [2.45, 2.75) is 31.2 Å². The van der Waals surface area contributed by atoms with Crippen molar-refractivity contribution in [2.24, 2.45) is 5.73 Å². The van der Waals surface area contributed by atoms with Crippen molar-refractivity contribution >= 4 is 6.29 Å². The summed E-state index contributed by atoms with van der Waals surface area (Å²) < 4.78 is 0. The summed E-state index contributed by atoms with van der Waals surface area (Å²) in [5.74, 6) is 0. The highest BCUT2D eigenvalue weighted by atomic mass is 16.1. The lowest BCUT2D eigenvalue weighted by Crippen LogP contribution is -2.22. The zero-order valence-corrected chi connectivity index (χ0v) is 8.07. The number of nitrogens with zero attached hydrogens (tertiary/aromatic N) is 1. The molecular formula is C11H14N2O. The van der Waals surface area contributed by atoms with Crippen LogP contribution in [0.5, 0.6) is 0 Å². The molecule has 0 bridgehead atoms. The number of hydrogen-bond acceptors (Lipinski definition) is 3. The number of carbonyl (C=O) groups excluding carboxylic acids is 1. The lowest BCUT2D eigenvalue weighted by atomic mass is 10.1. The van der Waals surface area contributed by atoms with Crippen molar-refractivity contribution in [3.8, 4) is 0 Å². The summed E-state index contributed by atoms with van der Waals surface area (Å²) in [5.41, 5.74) is 7.69. The van der Waals surface area contributed by atoms with Crippen molar-refractivity contribution < 1.29 is 4.79 Å². The third-order valence-corrected chi connectivity index (χ3v) is 2.75. The number of pyridine rings is 1. The molecule has 1 aromatic rings. The van der Waals surface area contributed by atoms with Gasteiger partial charge in [0.2, 0.25) is 0 Å². The molecule has 1 heterocycles. The summed E-state index contributed by atoms with van der Waals surface area (Å²) in [6.45, 7) is 0. The highest BCUT2D eigenvalue weighted by molar-refractivity contribution is 5.74. The molecule has 1 aliphatic rings. The first-order valence-corrected chi connectivity index (χ1v) is 4.91. The van der Waals surface area contributed by atoms with E-state index in [-0.39, 0.29) is 5.54 Å². The largest absolute Gasteiger partial charge is 0.325 e. The summed E-state index contributed by atoms with van der Waals surface area (Å²) in [5, 5.41) is 0. The molecule has 1 fully saturated rings. The third kappa shape index (κ3) is 2.17. The Morgan fingerprint density at radius 3 is 3.00 bits per heavy atom. The van der Waals surface area contributed by atoms with E-state index in [4.69, 9.17) is 5.73 Å². The number of carbonyl (C=O) groups is 1. The maximum absolute atomic E-state index is 10.5. The van der Waals surface area contributed by atoms with Crippen LogP contribution in [-0.2, 0) is 6.42 Å². The fourth-order valence-corrected chi connectivity index (χ4v) is 1.49. The molecule has 3 heteroatoms. The van der Waals surface area contributed by atoms with Crippen LogP contribution in [0, 0.1) is 0 Å². The van der Waals surface area contributed by atoms with E-state index >= 15 is 0 Å². The van der Waals surface area contributed by atoms with Gasteiger partial charge in [0.15, 0.2) is 0 Å². The Balaban J connectivity index is 1.98. The van der Waals surface area contributed by atoms with Crippen LogP contribution in [0.3, 0.4) is 0 Å². The average Bonchev–Trinajstić information content (AvgIpc) is 2.95. The van der Waals surface area contributed by atoms with Crippen molar-refractivity contribution in [1.82, 2.24) is 4.98 Å². The number of aldehydes is 1. The third-order valence-electron chi connectivity index (χ3n) is 2.75. The minimum atomic E-state index is 0.0683. The quantitative estimate of drug-likeness (QED) is 0.728. The Morgan fingerprint density at radius 2 is 2.36 bits per heavy atom. The predicted molar refractivity (Wildman–Crippen MR) is 54.1 cm³/mol. The van der Waals surface area contributed by atoms with E-state index in [0.717, 1.165) is 37.7 Å². The smallest absolute Gasteiger partial charge is 0.150 e. The zero-order valence-electron chi connectivity index (χ0n) is 8.07. The molecule has 3 nitrogen and oxygen atoms in total. The van der Waals surface area contributed by atoms with Gasteiger partial charge >= 0.3 is 0 Å². The maximum atomic E-state index is 10.5. The summed E-state index contributed by atoms with van der Waals surface area (Å²) in [6, 6.07) is 3.55. The molecule has 0 saturated heterocycles. The van der Waals surface area contributed by atoms with Gasteiger partial charge in [0.05, 0.1) is 0 Å². The van der Waals surface area contributed by atoms with Crippen molar-refractivity contribution in [1.29, 1.82) is 0 Å². The van der Waals surface area contributed by atoms with Gasteiger partial charge in [-0.25, -0.2) is 0 Å². The fraction of sp³-hybridized carbons (Fsp3) is 0.455. The van der Waals surface area contributed by atoms with Gasteiger partial charge in [0, 0.05) is 23.0 Å². The molecule has 0 aromatic carbocycles. The van der Waals surface area contributed by atoms with Gasteiger partial charge in [-0.15, -0.1) is 0 Å². The second-order valence-corrected chi connectivity index (χ2v) is 4.06. The van der Waals surface area contributed by atoms with Gasteiger partial charge in [-0.05, 0) is 37.8 Å². The van der Waals surface area contributed by atoms with Crippen LogP contribution in [0.1, 0.15) is 35.3 Å². The second kappa shape index (κ2) is 3.50. The number of nitrogens with two attached hydrogens (primary N) is 1. The summed E-state index contributed by atoms with van der Waals surface area (Å²) >= 11 is 0. The average molecular weight is 190 g/mol. The Bertz CT molecular complexity index is 345. The second-order valence-electron chi connectivity index (χ2n) is 4.06. The Labute approximate surface area is 83.3 Å². The van der Waals surface area contributed by atoms with Crippen LogP contribution in [0.25, 0.3) is 0 Å². The molecule has 14 heavy (non-hydrogen) atoms. The van der Waals surface area contributed by atoms with Crippen LogP contribution < -0.4 is 5.73 Å². The van der Waals surface area contributed by atoms with Gasteiger partial charge in [-0.3, -0.25) is 9.78 Å². The Morgan fingerprint density at radius 1 is 1.57 bits per heavy atom. The highest BCUT2D eigenvalue weighted by Gasteiger charge is 2.37. The lowest BCUT2D eigenvalue weighted by molar-refractivity contribution is 0.112. The molecule has 0 aliphatic heterocycles. The molecular weight excluding hydrogens is 176 g/mol. The van der Waals surface area contributed by atoms with Gasteiger partial charge in [0.1, 0.15) is 6.29 Å². The SMILES string of the molecule is NC1(CCc2cc(C=O)ccn2)CC1. The van der Waals surface area contributed by atoms with Crippen LogP contribution in [0.4, 0.5) is 0 Å². The summed E-state index contributed by atoms with van der Waals surface area (Å²) in [4.78, 5) is 14.7. The van der Waals surface area contributed by atoms with E-state index in [1.54, 1.807) is 12.3 Å². The molecule has 0 radical (unpaired) electrons. The molecule has 1 aromatic heterocycles. The minimum Gasteiger partial charge on any atom is -0.325 e. The van der Waals surface area contributed by atoms with Crippen LogP contribution in [0.2, 0.25) is 0 Å². The standard InChI is InChI=1S/C11H14N2O/c12-11(4-5-11)3-1-10-7-9(8-14)2-6-13-10/h2,6-8H,1,3-5,12H2. The molecule has 2 rings (SSSR count). The first-order valence-electron chi connectivity index (χ1n) is 4.91. The molecule has 0 spiro atoms. The van der Waals surface area contributed by atoms with Crippen LogP contribution >= 0.6 is 0 Å². The number of rotatable bonds is 4. The van der Waals surface area contributed by atoms with E-state index in [1.165, 1.54) is 0 Å². The highest BCUT2D eigenvalue weighted by Crippen LogP contribution is 2.36. The first-order chi connectivity index (χ1) is 6.72. The normalized spacial score (nSPS) is 17.8. The topological polar surface area (TPSA) is 56.0 Å². The van der Waals surface area contributed by atoms with Crippen molar-refractivity contribution in [3.05, 3.63) is 29.6 Å². The van der Waals surface area contributed by atoms with Crippen molar-refractivity contribution in [3.63, 3.8) is 0 Å². The Hall–Kier alpha value is -1.22. The van der Waals surface area contributed by atoms with Crippen LogP contribution in [0.15, 0.2) is 18.3 Å². The molecule has 0 atom stereocenters. The van der Waals surface area contributed by atoms with Gasteiger partial charge in [0.25, 0.3) is 0 Å². The Kier molecular flexibility index (Phi) is 2.33. The van der Waals surface area contributed by atoms with E-state index < -0.39 is 0 Å².